The molecular weight excluding hydrogens is 353 g/mol. The molecule has 1 amide bonds. The van der Waals surface area contributed by atoms with Crippen molar-refractivity contribution in [2.24, 2.45) is 5.92 Å². The summed E-state index contributed by atoms with van der Waals surface area (Å²) >= 11 is 0. The zero-order valence-corrected chi connectivity index (χ0v) is 13.9. The first-order valence-electron chi connectivity index (χ1n) is 8.19. The number of nitrogens with one attached hydrogen (secondary N) is 1. The highest BCUT2D eigenvalue weighted by Gasteiger charge is 2.57. The fraction of sp³-hybridized carbons (Fsp3) is 0.562. The van der Waals surface area contributed by atoms with Crippen LogP contribution in [0.25, 0.3) is 0 Å². The Morgan fingerprint density at radius 3 is 2.69 bits per heavy atom. The molecule has 1 saturated carbocycles. The van der Waals surface area contributed by atoms with Crippen LogP contribution >= 0.6 is 0 Å². The summed E-state index contributed by atoms with van der Waals surface area (Å²) in [7, 11) is 0. The van der Waals surface area contributed by atoms with Crippen LogP contribution in [-0.2, 0) is 4.79 Å². The van der Waals surface area contributed by atoms with E-state index in [0.717, 1.165) is 17.7 Å². The first-order chi connectivity index (χ1) is 12.2. The highest BCUT2D eigenvalue weighted by molar-refractivity contribution is 6.02. The summed E-state index contributed by atoms with van der Waals surface area (Å²) in [6, 6.07) is 3.03. The topological polar surface area (TPSA) is 87.6 Å². The maximum absolute atomic E-state index is 12.8. The van der Waals surface area contributed by atoms with Gasteiger partial charge in [-0.1, -0.05) is 6.58 Å². The number of likely N-dealkylation sites (tertiary alicyclic amines) is 1. The number of carbonyl (C=O) groups is 1. The van der Waals surface area contributed by atoms with Crippen molar-refractivity contribution in [3.8, 4) is 5.88 Å². The van der Waals surface area contributed by atoms with Crippen molar-refractivity contribution in [2.45, 2.75) is 31.0 Å². The Kier molecular flexibility index (Phi) is 4.78. The normalized spacial score (nSPS) is 23.0. The number of anilines is 1. The first-order valence-corrected chi connectivity index (χ1v) is 8.19. The molecule has 1 aliphatic heterocycles. The van der Waals surface area contributed by atoms with Gasteiger partial charge in [0, 0.05) is 19.0 Å². The van der Waals surface area contributed by atoms with Crippen molar-refractivity contribution in [1.82, 2.24) is 15.1 Å². The maximum atomic E-state index is 12.8. The SMILES string of the molecule is C=C(C(=O)Nc1ccc(OCC2CC2)nn1)N1CC[C@@](O)(C(F)(F)F)C1. The molecule has 7 nitrogen and oxygen atoms in total. The Balaban J connectivity index is 1.53. The maximum Gasteiger partial charge on any atom is 0.418 e. The number of hydrogen-bond donors (Lipinski definition) is 2. The second-order valence-electron chi connectivity index (χ2n) is 6.61. The van der Waals surface area contributed by atoms with Gasteiger partial charge in [0.15, 0.2) is 11.4 Å². The lowest BCUT2D eigenvalue weighted by molar-refractivity contribution is -0.253. The van der Waals surface area contributed by atoms with Gasteiger partial charge in [0.25, 0.3) is 5.91 Å². The van der Waals surface area contributed by atoms with Crippen LogP contribution in [-0.4, -0.2) is 57.6 Å². The van der Waals surface area contributed by atoms with Gasteiger partial charge >= 0.3 is 6.18 Å². The molecule has 3 rings (SSSR count). The minimum Gasteiger partial charge on any atom is -0.476 e. The number of carbonyl (C=O) groups excluding carboxylic acids is 1. The summed E-state index contributed by atoms with van der Waals surface area (Å²) in [5.41, 5.74) is -3.02. The molecule has 2 aliphatic rings. The lowest BCUT2D eigenvalue weighted by Crippen LogP contribution is -2.47. The van der Waals surface area contributed by atoms with E-state index in [9.17, 15) is 23.1 Å². The van der Waals surface area contributed by atoms with E-state index in [1.54, 1.807) is 6.07 Å². The van der Waals surface area contributed by atoms with Gasteiger partial charge < -0.3 is 20.1 Å². The highest BCUT2D eigenvalue weighted by atomic mass is 19.4. The molecule has 0 radical (unpaired) electrons. The predicted molar refractivity (Wildman–Crippen MR) is 85.2 cm³/mol. The Bertz CT molecular complexity index is 691. The molecule has 0 bridgehead atoms. The fourth-order valence-electron chi connectivity index (χ4n) is 2.54. The number of aromatic nitrogens is 2. The monoisotopic (exact) mass is 372 g/mol. The number of amides is 1. The van der Waals surface area contributed by atoms with Crippen LogP contribution in [0.1, 0.15) is 19.3 Å². The first kappa shape index (κ1) is 18.4. The number of hydrogen-bond acceptors (Lipinski definition) is 6. The van der Waals surface area contributed by atoms with E-state index < -0.39 is 30.7 Å². The number of rotatable bonds is 6. The van der Waals surface area contributed by atoms with Crippen molar-refractivity contribution >= 4 is 11.7 Å². The van der Waals surface area contributed by atoms with Crippen LogP contribution in [0.15, 0.2) is 24.4 Å². The zero-order chi connectivity index (χ0) is 18.9. The van der Waals surface area contributed by atoms with Gasteiger partial charge in [-0.05, 0) is 24.8 Å². The standard InChI is InChI=1S/C16H19F3N4O3/c1-10(23-7-6-15(25,9-23)16(17,18)19)14(24)20-12-4-5-13(22-21-12)26-8-11-2-3-11/h4-5,11,25H,1-3,6-9H2,(H,20,21,24)/t15-/m0/s1. The van der Waals surface area contributed by atoms with Crippen LogP contribution in [0.2, 0.25) is 0 Å². The minimum atomic E-state index is -4.76. The molecule has 10 heteroatoms. The lowest BCUT2D eigenvalue weighted by atomic mass is 10.0. The summed E-state index contributed by atoms with van der Waals surface area (Å²) in [4.78, 5) is 13.3. The lowest BCUT2D eigenvalue weighted by Gasteiger charge is -2.26. The number of alkyl halides is 3. The van der Waals surface area contributed by atoms with E-state index in [1.165, 1.54) is 6.07 Å². The van der Waals surface area contributed by atoms with Crippen molar-refractivity contribution in [3.63, 3.8) is 0 Å². The second kappa shape index (κ2) is 6.75. The van der Waals surface area contributed by atoms with Gasteiger partial charge in [-0.15, -0.1) is 10.2 Å². The average Bonchev–Trinajstić information content (AvgIpc) is 3.32. The van der Waals surface area contributed by atoms with E-state index in [2.05, 4.69) is 22.1 Å². The molecule has 0 unspecified atom stereocenters. The van der Waals surface area contributed by atoms with Gasteiger partial charge in [0.2, 0.25) is 5.88 Å². The molecule has 2 heterocycles. The zero-order valence-electron chi connectivity index (χ0n) is 13.9. The summed E-state index contributed by atoms with van der Waals surface area (Å²) in [6.07, 6.45) is -3.00. The second-order valence-corrected chi connectivity index (χ2v) is 6.61. The molecule has 1 aromatic rings. The average molecular weight is 372 g/mol. The number of aliphatic hydroxyl groups is 1. The Labute approximate surface area is 147 Å². The van der Waals surface area contributed by atoms with E-state index in [4.69, 9.17) is 4.74 Å². The van der Waals surface area contributed by atoms with Crippen LogP contribution in [0.4, 0.5) is 19.0 Å². The molecule has 2 N–H and O–H groups in total. The van der Waals surface area contributed by atoms with Gasteiger partial charge in [-0.2, -0.15) is 13.2 Å². The van der Waals surface area contributed by atoms with Crippen LogP contribution < -0.4 is 10.1 Å². The molecule has 1 atom stereocenters. The molecular formula is C16H19F3N4O3. The Morgan fingerprint density at radius 1 is 1.42 bits per heavy atom. The molecule has 142 valence electrons. The summed E-state index contributed by atoms with van der Waals surface area (Å²) in [6.45, 7) is 3.24. The van der Waals surface area contributed by atoms with E-state index >= 15 is 0 Å². The summed E-state index contributed by atoms with van der Waals surface area (Å²) < 4.78 is 44.0. The van der Waals surface area contributed by atoms with Gasteiger partial charge in [-0.3, -0.25) is 4.79 Å². The third-order valence-corrected chi connectivity index (χ3v) is 4.46. The molecule has 1 aliphatic carbocycles. The quantitative estimate of drug-likeness (QED) is 0.740. The molecule has 26 heavy (non-hydrogen) atoms. The number of ether oxygens (including phenoxy) is 1. The van der Waals surface area contributed by atoms with E-state index in [0.29, 0.717) is 18.4 Å². The van der Waals surface area contributed by atoms with Crippen molar-refractivity contribution in [2.75, 3.05) is 25.0 Å². The van der Waals surface area contributed by atoms with Crippen molar-refractivity contribution in [1.29, 1.82) is 0 Å². The molecule has 0 spiro atoms. The third-order valence-electron chi connectivity index (χ3n) is 4.46. The third kappa shape index (κ3) is 4.06. The molecule has 2 fully saturated rings. The van der Waals surface area contributed by atoms with Gasteiger partial charge in [0.05, 0.1) is 18.8 Å². The summed E-state index contributed by atoms with van der Waals surface area (Å²) in [5, 5.41) is 19.7. The Morgan fingerprint density at radius 2 is 2.15 bits per heavy atom. The molecule has 1 aromatic heterocycles. The number of β-amino-alcohol motifs (C(OH)–C–C–N with tert-alkyl or cyclic N) is 1. The smallest absolute Gasteiger partial charge is 0.418 e. The largest absolute Gasteiger partial charge is 0.476 e. The van der Waals surface area contributed by atoms with Crippen molar-refractivity contribution < 1.29 is 27.8 Å². The van der Waals surface area contributed by atoms with Crippen molar-refractivity contribution in [3.05, 3.63) is 24.4 Å². The summed E-state index contributed by atoms with van der Waals surface area (Å²) in [5.74, 6) is 0.316. The van der Waals surface area contributed by atoms with Crippen LogP contribution in [0.3, 0.4) is 0 Å². The number of nitrogens with zero attached hydrogens (tertiary/aromatic N) is 3. The molecule has 0 aromatic carbocycles. The number of halogens is 3. The van der Waals surface area contributed by atoms with Gasteiger partial charge in [0.1, 0.15) is 0 Å². The predicted octanol–water partition coefficient (Wildman–Crippen LogP) is 1.72. The Hall–Kier alpha value is -2.36. The highest BCUT2D eigenvalue weighted by Crippen LogP contribution is 2.38. The minimum absolute atomic E-state index is 0.123. The molecule has 1 saturated heterocycles. The van der Waals surface area contributed by atoms with Gasteiger partial charge in [-0.25, -0.2) is 0 Å². The van der Waals surface area contributed by atoms with E-state index in [-0.39, 0.29) is 18.1 Å². The van der Waals surface area contributed by atoms with Crippen LogP contribution in [0, 0.1) is 5.92 Å². The van der Waals surface area contributed by atoms with E-state index in [1.807, 2.05) is 0 Å². The fourth-order valence-corrected chi connectivity index (χ4v) is 2.54. The van der Waals surface area contributed by atoms with Crippen LogP contribution in [0.5, 0.6) is 5.88 Å².